The van der Waals surface area contributed by atoms with E-state index in [1.54, 1.807) is 6.08 Å². The second kappa shape index (κ2) is 16.8. The number of hydrogen-bond donors (Lipinski definition) is 2. The molecule has 0 heterocycles. The number of ether oxygens (including phenoxy) is 1. The Bertz CT molecular complexity index is 323. The molecule has 0 aromatic carbocycles. The van der Waals surface area contributed by atoms with Crippen molar-refractivity contribution >= 4 is 0 Å². The lowest BCUT2D eigenvalue weighted by molar-refractivity contribution is 0.0385. The van der Waals surface area contributed by atoms with Crippen LogP contribution in [0.1, 0.15) is 58.3 Å². The van der Waals surface area contributed by atoms with E-state index >= 15 is 0 Å². The van der Waals surface area contributed by atoms with Crippen LogP contribution in [-0.2, 0) is 4.74 Å². The minimum absolute atomic E-state index is 0.0861. The first kappa shape index (κ1) is 19.8. The van der Waals surface area contributed by atoms with E-state index < -0.39 is 6.10 Å². The zero-order chi connectivity index (χ0) is 15.6. The van der Waals surface area contributed by atoms with Gasteiger partial charge < -0.3 is 14.9 Å². The third-order valence-corrected chi connectivity index (χ3v) is 3.01. The lowest BCUT2D eigenvalue weighted by Crippen LogP contribution is -2.17. The van der Waals surface area contributed by atoms with E-state index in [1.165, 1.54) is 51.2 Å². The van der Waals surface area contributed by atoms with Gasteiger partial charge in [0.15, 0.2) is 0 Å². The summed E-state index contributed by atoms with van der Waals surface area (Å²) in [7, 11) is 0. The molecule has 21 heavy (non-hydrogen) atoms. The molecule has 0 saturated carbocycles. The molecule has 0 bridgehead atoms. The zero-order valence-corrected chi connectivity index (χ0v) is 13.3. The van der Waals surface area contributed by atoms with Crippen LogP contribution < -0.4 is 0 Å². The van der Waals surface area contributed by atoms with Crippen LogP contribution in [0.5, 0.6) is 0 Å². The van der Waals surface area contributed by atoms with Crippen LogP contribution in [0.25, 0.3) is 0 Å². The number of unbranched alkanes of at least 4 members (excludes halogenated alkanes) is 7. The molecule has 1 atom stereocenters. The summed E-state index contributed by atoms with van der Waals surface area (Å²) in [5.41, 5.74) is 0. The van der Waals surface area contributed by atoms with Gasteiger partial charge in [-0.2, -0.15) is 0 Å². The Kier molecular flexibility index (Phi) is 15.8. The van der Waals surface area contributed by atoms with E-state index in [0.717, 1.165) is 6.42 Å². The molecule has 2 N–H and O–H groups in total. The standard InChI is InChI=1S/C18H30O3/c1-2-3-4-5-6-7-8-9-10-11-12-13-14-15-21-17-18(20)16-19/h10-11,14-15,18-20H,2-9,16-17H2,1H3/b11-10+,15-14+/t18-/m0/s1. The summed E-state index contributed by atoms with van der Waals surface area (Å²) in [5.74, 6) is 5.71. The third kappa shape index (κ3) is 16.7. The maximum atomic E-state index is 9.01. The fraction of sp³-hybridized carbons (Fsp3) is 0.667. The topological polar surface area (TPSA) is 49.7 Å². The first-order chi connectivity index (χ1) is 10.3. The van der Waals surface area contributed by atoms with Crippen LogP contribution in [0.3, 0.4) is 0 Å². The van der Waals surface area contributed by atoms with Gasteiger partial charge in [-0.15, -0.1) is 0 Å². The van der Waals surface area contributed by atoms with Gasteiger partial charge in [-0.1, -0.05) is 63.4 Å². The second-order valence-corrected chi connectivity index (χ2v) is 5.07. The van der Waals surface area contributed by atoms with Crippen molar-refractivity contribution in [3.8, 4) is 11.8 Å². The fourth-order valence-electron chi connectivity index (χ4n) is 1.76. The first-order valence-corrected chi connectivity index (χ1v) is 8.02. The van der Waals surface area contributed by atoms with Crippen molar-refractivity contribution in [2.75, 3.05) is 13.2 Å². The number of allylic oxidation sites excluding steroid dienone is 3. The van der Waals surface area contributed by atoms with Crippen LogP contribution in [-0.4, -0.2) is 29.5 Å². The molecule has 120 valence electrons. The molecule has 0 aliphatic rings. The summed E-state index contributed by atoms with van der Waals surface area (Å²) in [5, 5.41) is 17.6. The summed E-state index contributed by atoms with van der Waals surface area (Å²) in [6.45, 7) is 2.04. The predicted molar refractivity (Wildman–Crippen MR) is 87.7 cm³/mol. The van der Waals surface area contributed by atoms with Crippen molar-refractivity contribution in [2.45, 2.75) is 64.4 Å². The maximum absolute atomic E-state index is 9.01. The third-order valence-electron chi connectivity index (χ3n) is 3.01. The average Bonchev–Trinajstić information content (AvgIpc) is 2.50. The lowest BCUT2D eigenvalue weighted by atomic mass is 10.1. The molecule has 0 spiro atoms. The van der Waals surface area contributed by atoms with Crippen molar-refractivity contribution in [1.82, 2.24) is 0 Å². The van der Waals surface area contributed by atoms with Crippen molar-refractivity contribution in [2.24, 2.45) is 0 Å². The number of hydrogen-bond acceptors (Lipinski definition) is 3. The van der Waals surface area contributed by atoms with Gasteiger partial charge in [0.2, 0.25) is 0 Å². The zero-order valence-electron chi connectivity index (χ0n) is 13.3. The predicted octanol–water partition coefficient (Wildman–Crippen LogP) is 3.57. The van der Waals surface area contributed by atoms with Gasteiger partial charge >= 0.3 is 0 Å². The Labute approximate surface area is 129 Å². The molecule has 0 amide bonds. The summed E-state index contributed by atoms with van der Waals surface area (Å²) >= 11 is 0. The van der Waals surface area contributed by atoms with E-state index in [2.05, 4.69) is 24.8 Å². The van der Waals surface area contributed by atoms with Crippen molar-refractivity contribution < 1.29 is 14.9 Å². The lowest BCUT2D eigenvalue weighted by Gasteiger charge is -2.04. The molecule has 0 unspecified atom stereocenters. The van der Waals surface area contributed by atoms with Crippen molar-refractivity contribution in [1.29, 1.82) is 0 Å². The van der Waals surface area contributed by atoms with E-state index in [4.69, 9.17) is 14.9 Å². The summed E-state index contributed by atoms with van der Waals surface area (Å²) in [6, 6.07) is 0. The van der Waals surface area contributed by atoms with E-state index in [1.807, 2.05) is 6.08 Å². The first-order valence-electron chi connectivity index (χ1n) is 8.02. The highest BCUT2D eigenvalue weighted by Gasteiger charge is 1.98. The minimum atomic E-state index is -0.829. The van der Waals surface area contributed by atoms with Gasteiger partial charge in [-0.3, -0.25) is 0 Å². The van der Waals surface area contributed by atoms with Gasteiger partial charge in [-0.05, 0) is 18.9 Å². The van der Waals surface area contributed by atoms with E-state index in [9.17, 15) is 0 Å². The smallest absolute Gasteiger partial charge is 0.115 e. The molecule has 0 aromatic rings. The molecule has 0 saturated heterocycles. The van der Waals surface area contributed by atoms with Crippen LogP contribution in [0.15, 0.2) is 24.5 Å². The Hall–Kier alpha value is -1.24. The number of rotatable bonds is 12. The van der Waals surface area contributed by atoms with Crippen LogP contribution in [0, 0.1) is 11.8 Å². The Morgan fingerprint density at radius 1 is 1.00 bits per heavy atom. The number of aliphatic hydroxyl groups is 2. The molecule has 0 radical (unpaired) electrons. The van der Waals surface area contributed by atoms with E-state index in [0.29, 0.717) is 0 Å². The Morgan fingerprint density at radius 3 is 2.38 bits per heavy atom. The molecular formula is C18H30O3. The van der Waals surface area contributed by atoms with Crippen molar-refractivity contribution in [3.63, 3.8) is 0 Å². The molecule has 0 fully saturated rings. The van der Waals surface area contributed by atoms with Crippen LogP contribution in [0.2, 0.25) is 0 Å². The molecule has 0 aromatic heterocycles. The molecular weight excluding hydrogens is 264 g/mol. The quantitative estimate of drug-likeness (QED) is 0.329. The maximum Gasteiger partial charge on any atom is 0.115 e. The summed E-state index contributed by atoms with van der Waals surface area (Å²) in [6.07, 6.45) is 16.5. The Balaban J connectivity index is 3.39. The van der Waals surface area contributed by atoms with Gasteiger partial charge in [0.05, 0.1) is 12.9 Å². The molecule has 3 heteroatoms. The summed E-state index contributed by atoms with van der Waals surface area (Å²) < 4.78 is 4.97. The average molecular weight is 294 g/mol. The monoisotopic (exact) mass is 294 g/mol. The van der Waals surface area contributed by atoms with E-state index in [-0.39, 0.29) is 13.2 Å². The van der Waals surface area contributed by atoms with Crippen molar-refractivity contribution in [3.05, 3.63) is 24.5 Å². The molecule has 0 rings (SSSR count). The Morgan fingerprint density at radius 2 is 1.67 bits per heavy atom. The van der Waals surface area contributed by atoms with Gasteiger partial charge in [-0.25, -0.2) is 0 Å². The molecule has 0 aliphatic heterocycles. The normalized spacial score (nSPS) is 12.5. The van der Waals surface area contributed by atoms with Crippen LogP contribution >= 0.6 is 0 Å². The highest BCUT2D eigenvalue weighted by atomic mass is 16.5. The molecule has 3 nitrogen and oxygen atoms in total. The van der Waals surface area contributed by atoms with Gasteiger partial charge in [0, 0.05) is 6.08 Å². The summed E-state index contributed by atoms with van der Waals surface area (Å²) in [4.78, 5) is 0. The highest BCUT2D eigenvalue weighted by molar-refractivity contribution is 5.22. The largest absolute Gasteiger partial charge is 0.498 e. The highest BCUT2D eigenvalue weighted by Crippen LogP contribution is 2.08. The number of aliphatic hydroxyl groups excluding tert-OH is 2. The van der Waals surface area contributed by atoms with Gasteiger partial charge in [0.25, 0.3) is 0 Å². The fourth-order valence-corrected chi connectivity index (χ4v) is 1.76. The van der Waals surface area contributed by atoms with Gasteiger partial charge in [0.1, 0.15) is 12.7 Å². The van der Waals surface area contributed by atoms with Crippen LogP contribution in [0.4, 0.5) is 0 Å². The molecule has 0 aliphatic carbocycles. The second-order valence-electron chi connectivity index (χ2n) is 5.07. The SMILES string of the molecule is CCCCCCCCC/C=C/C#C/C=C/OC[C@@H](O)CO. The minimum Gasteiger partial charge on any atom is -0.498 e.